The van der Waals surface area contributed by atoms with E-state index in [1.54, 1.807) is 0 Å². The number of hydrogen-bond donors (Lipinski definition) is 2. The summed E-state index contributed by atoms with van der Waals surface area (Å²) >= 11 is 6.02. The molecule has 30 heavy (non-hydrogen) atoms. The first-order valence-corrected chi connectivity index (χ1v) is 9.54. The van der Waals surface area contributed by atoms with Gasteiger partial charge in [0.2, 0.25) is 11.7 Å². The molecule has 2 heterocycles. The third-order valence-corrected chi connectivity index (χ3v) is 4.90. The molecule has 9 heteroatoms. The molecular formula is C21H20ClN3O5. The summed E-state index contributed by atoms with van der Waals surface area (Å²) in [6.45, 7) is 5.03. The standard InChI is InChI=1S/C19H18ClN3O.C2H2O4/c1-13-5-2-3-6-15(13)10-23-11-16(12-23)19-21-18(22-24-19)14-7-4-8-17(20)9-14;3-1(4)2(5)6/h2-9,16H,10-12H2,1H3;(H,3,4)(H,5,6). The molecule has 2 N–H and O–H groups in total. The van der Waals surface area contributed by atoms with Crippen LogP contribution in [0.4, 0.5) is 0 Å². The summed E-state index contributed by atoms with van der Waals surface area (Å²) in [5.41, 5.74) is 3.59. The molecule has 1 aliphatic heterocycles. The maximum Gasteiger partial charge on any atom is 0.414 e. The van der Waals surface area contributed by atoms with Gasteiger partial charge in [-0.3, -0.25) is 4.90 Å². The Balaban J connectivity index is 0.000000377. The SMILES string of the molecule is Cc1ccccc1CN1CC(c2nc(-c3cccc(Cl)c3)no2)C1.O=C(O)C(=O)O. The Morgan fingerprint density at radius 2 is 1.83 bits per heavy atom. The minimum absolute atomic E-state index is 0.314. The molecule has 0 unspecified atom stereocenters. The minimum atomic E-state index is -1.82. The van der Waals surface area contributed by atoms with Gasteiger partial charge in [-0.2, -0.15) is 4.98 Å². The Bertz CT molecular complexity index is 1030. The van der Waals surface area contributed by atoms with E-state index in [0.717, 1.165) is 25.2 Å². The first-order chi connectivity index (χ1) is 14.3. The van der Waals surface area contributed by atoms with Crippen LogP contribution >= 0.6 is 11.6 Å². The Kier molecular flexibility index (Phi) is 6.81. The molecule has 0 aliphatic carbocycles. The lowest BCUT2D eigenvalue weighted by atomic mass is 9.98. The first kappa shape index (κ1) is 21.5. The van der Waals surface area contributed by atoms with Crippen LogP contribution in [0.3, 0.4) is 0 Å². The van der Waals surface area contributed by atoms with Gasteiger partial charge in [-0.15, -0.1) is 0 Å². The van der Waals surface area contributed by atoms with Crippen molar-refractivity contribution < 1.29 is 24.3 Å². The van der Waals surface area contributed by atoms with Crippen molar-refractivity contribution in [1.82, 2.24) is 15.0 Å². The highest BCUT2D eigenvalue weighted by molar-refractivity contribution is 6.30. The number of likely N-dealkylation sites (tertiary alicyclic amines) is 1. The molecule has 1 aliphatic rings. The molecule has 0 atom stereocenters. The number of carbonyl (C=O) groups is 2. The van der Waals surface area contributed by atoms with Crippen LogP contribution in [0.25, 0.3) is 11.4 Å². The Morgan fingerprint density at radius 3 is 2.47 bits per heavy atom. The van der Waals surface area contributed by atoms with E-state index in [-0.39, 0.29) is 0 Å². The van der Waals surface area contributed by atoms with Gasteiger partial charge in [0.05, 0.1) is 5.92 Å². The normalized spacial score (nSPS) is 13.8. The smallest absolute Gasteiger partial charge is 0.414 e. The number of rotatable bonds is 4. The van der Waals surface area contributed by atoms with E-state index in [2.05, 4.69) is 46.2 Å². The fourth-order valence-electron chi connectivity index (χ4n) is 3.03. The van der Waals surface area contributed by atoms with E-state index >= 15 is 0 Å². The second-order valence-electron chi connectivity index (χ2n) is 6.89. The van der Waals surface area contributed by atoms with E-state index in [9.17, 15) is 0 Å². The molecule has 8 nitrogen and oxygen atoms in total. The molecule has 1 saturated heterocycles. The van der Waals surface area contributed by atoms with Crippen LogP contribution < -0.4 is 0 Å². The number of carboxylic acid groups (broad SMARTS) is 2. The number of aromatic nitrogens is 2. The quantitative estimate of drug-likeness (QED) is 0.605. The van der Waals surface area contributed by atoms with Gasteiger partial charge in [0, 0.05) is 30.2 Å². The van der Waals surface area contributed by atoms with Crippen molar-refractivity contribution in [2.45, 2.75) is 19.4 Å². The number of nitrogens with zero attached hydrogens (tertiary/aromatic N) is 3. The number of aliphatic carboxylic acids is 2. The monoisotopic (exact) mass is 429 g/mol. The Hall–Kier alpha value is -3.23. The molecule has 0 saturated carbocycles. The predicted molar refractivity (Wildman–Crippen MR) is 109 cm³/mol. The van der Waals surface area contributed by atoms with Gasteiger partial charge in [-0.05, 0) is 30.2 Å². The highest BCUT2D eigenvalue weighted by Crippen LogP contribution is 2.29. The molecule has 0 radical (unpaired) electrons. The van der Waals surface area contributed by atoms with Crippen molar-refractivity contribution in [1.29, 1.82) is 0 Å². The van der Waals surface area contributed by atoms with Crippen molar-refractivity contribution in [3.05, 3.63) is 70.6 Å². The molecule has 4 rings (SSSR count). The Labute approximate surface area is 177 Å². The van der Waals surface area contributed by atoms with Crippen LogP contribution in [-0.2, 0) is 16.1 Å². The van der Waals surface area contributed by atoms with E-state index in [0.29, 0.717) is 22.7 Å². The van der Waals surface area contributed by atoms with Gasteiger partial charge in [0.25, 0.3) is 0 Å². The van der Waals surface area contributed by atoms with Crippen molar-refractivity contribution in [2.24, 2.45) is 0 Å². The zero-order chi connectivity index (χ0) is 21.7. The highest BCUT2D eigenvalue weighted by Gasteiger charge is 2.32. The number of hydrogen-bond acceptors (Lipinski definition) is 6. The summed E-state index contributed by atoms with van der Waals surface area (Å²) in [6, 6.07) is 16.0. The fraction of sp³-hybridized carbons (Fsp3) is 0.238. The number of halogens is 1. The number of benzene rings is 2. The van der Waals surface area contributed by atoms with Gasteiger partial charge >= 0.3 is 11.9 Å². The predicted octanol–water partition coefficient (Wildman–Crippen LogP) is 3.45. The van der Waals surface area contributed by atoms with Crippen molar-refractivity contribution >= 4 is 23.5 Å². The molecule has 0 bridgehead atoms. The van der Waals surface area contributed by atoms with Crippen molar-refractivity contribution in [3.63, 3.8) is 0 Å². The maximum absolute atomic E-state index is 9.10. The van der Waals surface area contributed by atoms with Crippen LogP contribution in [0.2, 0.25) is 5.02 Å². The first-order valence-electron chi connectivity index (χ1n) is 9.16. The van der Waals surface area contributed by atoms with E-state index in [4.69, 9.17) is 35.9 Å². The summed E-state index contributed by atoms with van der Waals surface area (Å²) in [6.07, 6.45) is 0. The maximum atomic E-state index is 9.10. The van der Waals surface area contributed by atoms with E-state index in [1.165, 1.54) is 11.1 Å². The van der Waals surface area contributed by atoms with E-state index in [1.807, 2.05) is 24.3 Å². The molecule has 1 fully saturated rings. The van der Waals surface area contributed by atoms with Crippen LogP contribution in [0.15, 0.2) is 53.1 Å². The average Bonchev–Trinajstić information content (AvgIpc) is 3.15. The molecule has 156 valence electrons. The minimum Gasteiger partial charge on any atom is -0.473 e. The van der Waals surface area contributed by atoms with Gasteiger partial charge in [-0.25, -0.2) is 9.59 Å². The van der Waals surface area contributed by atoms with Crippen LogP contribution in [0, 0.1) is 6.92 Å². The topological polar surface area (TPSA) is 117 Å². The van der Waals surface area contributed by atoms with Crippen LogP contribution in [-0.4, -0.2) is 50.3 Å². The Morgan fingerprint density at radius 1 is 1.13 bits per heavy atom. The second kappa shape index (κ2) is 9.51. The third kappa shape index (κ3) is 5.43. The lowest BCUT2D eigenvalue weighted by Crippen LogP contribution is -2.44. The lowest BCUT2D eigenvalue weighted by Gasteiger charge is -2.37. The average molecular weight is 430 g/mol. The molecule has 3 aromatic rings. The number of aryl methyl sites for hydroxylation is 1. The molecule has 1 aromatic heterocycles. The second-order valence-corrected chi connectivity index (χ2v) is 7.33. The molecular weight excluding hydrogens is 410 g/mol. The summed E-state index contributed by atoms with van der Waals surface area (Å²) in [5.74, 6) is -2.02. The zero-order valence-electron chi connectivity index (χ0n) is 16.2. The molecule has 0 amide bonds. The van der Waals surface area contributed by atoms with Gasteiger partial charge in [0.1, 0.15) is 0 Å². The van der Waals surface area contributed by atoms with Crippen LogP contribution in [0.5, 0.6) is 0 Å². The zero-order valence-corrected chi connectivity index (χ0v) is 16.9. The van der Waals surface area contributed by atoms with E-state index < -0.39 is 11.9 Å². The summed E-state index contributed by atoms with van der Waals surface area (Å²) in [7, 11) is 0. The van der Waals surface area contributed by atoms with Gasteiger partial charge in [-0.1, -0.05) is 53.2 Å². The number of carboxylic acids is 2. The van der Waals surface area contributed by atoms with Gasteiger partial charge in [0.15, 0.2) is 0 Å². The molecule has 0 spiro atoms. The fourth-order valence-corrected chi connectivity index (χ4v) is 3.22. The summed E-state index contributed by atoms with van der Waals surface area (Å²) in [5, 5.41) is 19.5. The largest absolute Gasteiger partial charge is 0.473 e. The van der Waals surface area contributed by atoms with Crippen molar-refractivity contribution in [2.75, 3.05) is 13.1 Å². The summed E-state index contributed by atoms with van der Waals surface area (Å²) < 4.78 is 5.45. The van der Waals surface area contributed by atoms with Crippen LogP contribution in [0.1, 0.15) is 22.9 Å². The highest BCUT2D eigenvalue weighted by atomic mass is 35.5. The summed E-state index contributed by atoms with van der Waals surface area (Å²) in [4.78, 5) is 25.1. The third-order valence-electron chi connectivity index (χ3n) is 4.67. The lowest BCUT2D eigenvalue weighted by molar-refractivity contribution is -0.159. The molecule has 2 aromatic carbocycles. The van der Waals surface area contributed by atoms with Gasteiger partial charge < -0.3 is 14.7 Å². The van der Waals surface area contributed by atoms with Crippen molar-refractivity contribution in [3.8, 4) is 11.4 Å².